The number of halogens is 1. The van der Waals surface area contributed by atoms with Crippen molar-refractivity contribution in [3.05, 3.63) is 21.6 Å². The van der Waals surface area contributed by atoms with Crippen molar-refractivity contribution in [3.8, 4) is 0 Å². The van der Waals surface area contributed by atoms with Crippen LogP contribution in [0.4, 0.5) is 5.69 Å². The van der Waals surface area contributed by atoms with Crippen molar-refractivity contribution in [2.75, 3.05) is 11.9 Å². The van der Waals surface area contributed by atoms with Crippen LogP contribution in [0.25, 0.3) is 0 Å². The van der Waals surface area contributed by atoms with Crippen molar-refractivity contribution < 1.29 is 5.11 Å². The molecular formula is C14H22ClN3O2. The maximum Gasteiger partial charge on any atom is 0.287 e. The van der Waals surface area contributed by atoms with Gasteiger partial charge in [-0.25, -0.2) is 4.68 Å². The highest BCUT2D eigenvalue weighted by Crippen LogP contribution is 2.26. The van der Waals surface area contributed by atoms with Gasteiger partial charge in [-0.1, -0.05) is 31.4 Å². The minimum absolute atomic E-state index is 0.128. The summed E-state index contributed by atoms with van der Waals surface area (Å²) in [4.78, 5) is 12.0. The molecule has 2 unspecified atom stereocenters. The number of hydrogen-bond donors (Lipinski definition) is 2. The van der Waals surface area contributed by atoms with Crippen LogP contribution in [-0.4, -0.2) is 27.5 Å². The lowest BCUT2D eigenvalue weighted by Gasteiger charge is -2.18. The van der Waals surface area contributed by atoms with E-state index >= 15 is 0 Å². The summed E-state index contributed by atoms with van der Waals surface area (Å²) in [5.41, 5.74) is 0.248. The van der Waals surface area contributed by atoms with Crippen LogP contribution in [0.2, 0.25) is 5.02 Å². The van der Waals surface area contributed by atoms with Crippen LogP contribution in [0, 0.1) is 5.92 Å². The zero-order chi connectivity index (χ0) is 14.5. The van der Waals surface area contributed by atoms with E-state index in [4.69, 9.17) is 16.7 Å². The van der Waals surface area contributed by atoms with Crippen LogP contribution in [0.3, 0.4) is 0 Å². The molecule has 5 nitrogen and oxygen atoms in total. The molecule has 2 N–H and O–H groups in total. The molecule has 1 aliphatic rings. The third-order valence-corrected chi connectivity index (χ3v) is 4.28. The van der Waals surface area contributed by atoms with Crippen molar-refractivity contribution in [2.45, 2.75) is 51.6 Å². The zero-order valence-corrected chi connectivity index (χ0v) is 12.6. The van der Waals surface area contributed by atoms with Gasteiger partial charge in [0.25, 0.3) is 5.56 Å². The normalized spacial score (nSPS) is 23.4. The van der Waals surface area contributed by atoms with E-state index in [1.807, 2.05) is 0 Å². The second-order valence-corrected chi connectivity index (χ2v) is 5.96. The van der Waals surface area contributed by atoms with Gasteiger partial charge in [-0.2, -0.15) is 5.10 Å². The van der Waals surface area contributed by atoms with Gasteiger partial charge in [0.1, 0.15) is 5.02 Å². The first-order chi connectivity index (χ1) is 9.61. The van der Waals surface area contributed by atoms with E-state index in [2.05, 4.69) is 17.3 Å². The summed E-state index contributed by atoms with van der Waals surface area (Å²) in [7, 11) is 0. The molecule has 0 aromatic carbocycles. The fourth-order valence-corrected chi connectivity index (χ4v) is 2.87. The highest BCUT2D eigenvalue weighted by atomic mass is 35.5. The van der Waals surface area contributed by atoms with Gasteiger partial charge in [-0.3, -0.25) is 4.79 Å². The van der Waals surface area contributed by atoms with Gasteiger partial charge in [-0.15, -0.1) is 0 Å². The van der Waals surface area contributed by atoms with Gasteiger partial charge in [0.05, 0.1) is 25.0 Å². The zero-order valence-electron chi connectivity index (χ0n) is 11.8. The average Bonchev–Trinajstić information content (AvgIpc) is 2.63. The molecule has 0 bridgehead atoms. The maximum absolute atomic E-state index is 12.0. The Labute approximate surface area is 124 Å². The molecule has 112 valence electrons. The van der Waals surface area contributed by atoms with E-state index < -0.39 is 0 Å². The molecular weight excluding hydrogens is 278 g/mol. The first-order valence-electron chi connectivity index (χ1n) is 7.25. The molecule has 1 heterocycles. The summed E-state index contributed by atoms with van der Waals surface area (Å²) in [5.74, 6) is 0.771. The van der Waals surface area contributed by atoms with Crippen LogP contribution >= 0.6 is 11.6 Å². The SMILES string of the molecule is CC1CCCC(Nc2cnn(CCO)c(=O)c2Cl)CC1. The molecule has 2 atom stereocenters. The summed E-state index contributed by atoms with van der Waals surface area (Å²) >= 11 is 6.11. The summed E-state index contributed by atoms with van der Waals surface area (Å²) < 4.78 is 1.18. The largest absolute Gasteiger partial charge is 0.394 e. The highest BCUT2D eigenvalue weighted by molar-refractivity contribution is 6.32. The molecule has 0 aliphatic heterocycles. The Morgan fingerprint density at radius 3 is 3.00 bits per heavy atom. The van der Waals surface area contributed by atoms with Gasteiger partial charge in [0, 0.05) is 6.04 Å². The fraction of sp³-hybridized carbons (Fsp3) is 0.714. The van der Waals surface area contributed by atoms with E-state index in [1.165, 1.54) is 23.9 Å². The van der Waals surface area contributed by atoms with E-state index in [1.54, 1.807) is 6.20 Å². The monoisotopic (exact) mass is 299 g/mol. The van der Waals surface area contributed by atoms with Gasteiger partial charge in [-0.05, 0) is 25.2 Å². The quantitative estimate of drug-likeness (QED) is 0.837. The molecule has 0 spiro atoms. The molecule has 1 aromatic heterocycles. The minimum atomic E-state index is -0.354. The molecule has 1 aliphatic carbocycles. The van der Waals surface area contributed by atoms with Crippen molar-refractivity contribution in [3.63, 3.8) is 0 Å². The van der Waals surface area contributed by atoms with Crippen LogP contribution in [0.5, 0.6) is 0 Å². The number of aliphatic hydroxyl groups is 1. The van der Waals surface area contributed by atoms with E-state index in [0.717, 1.165) is 18.8 Å². The first kappa shape index (κ1) is 15.3. The number of nitrogens with one attached hydrogen (secondary N) is 1. The Bertz CT molecular complexity index is 504. The number of nitrogens with zero attached hydrogens (tertiary/aromatic N) is 2. The molecule has 2 rings (SSSR count). The Morgan fingerprint density at radius 2 is 2.25 bits per heavy atom. The molecule has 20 heavy (non-hydrogen) atoms. The topological polar surface area (TPSA) is 67.2 Å². The first-order valence-corrected chi connectivity index (χ1v) is 7.62. The van der Waals surface area contributed by atoms with E-state index in [-0.39, 0.29) is 23.7 Å². The maximum atomic E-state index is 12.0. The highest BCUT2D eigenvalue weighted by Gasteiger charge is 2.18. The lowest BCUT2D eigenvalue weighted by molar-refractivity contribution is 0.266. The predicted octanol–water partition coefficient (Wildman–Crippen LogP) is 2.27. The Balaban J connectivity index is 2.09. The van der Waals surface area contributed by atoms with Crippen LogP contribution in [0.15, 0.2) is 11.0 Å². The van der Waals surface area contributed by atoms with Gasteiger partial charge >= 0.3 is 0 Å². The summed E-state index contributed by atoms with van der Waals surface area (Å²) in [6, 6.07) is 0.354. The molecule has 1 aromatic rings. The van der Waals surface area contributed by atoms with E-state index in [0.29, 0.717) is 11.7 Å². The molecule has 1 saturated carbocycles. The third-order valence-electron chi connectivity index (χ3n) is 3.91. The third kappa shape index (κ3) is 3.73. The second-order valence-electron chi connectivity index (χ2n) is 5.58. The fourth-order valence-electron chi connectivity index (χ4n) is 2.67. The number of anilines is 1. The van der Waals surface area contributed by atoms with Crippen LogP contribution in [-0.2, 0) is 6.54 Å². The summed E-state index contributed by atoms with van der Waals surface area (Å²) in [5, 5.41) is 16.4. The van der Waals surface area contributed by atoms with Gasteiger partial charge in [0.2, 0.25) is 0 Å². The van der Waals surface area contributed by atoms with Crippen LogP contribution in [0.1, 0.15) is 39.0 Å². The smallest absolute Gasteiger partial charge is 0.287 e. The number of rotatable bonds is 4. The predicted molar refractivity (Wildman–Crippen MR) is 80.3 cm³/mol. The molecule has 0 saturated heterocycles. The van der Waals surface area contributed by atoms with Crippen molar-refractivity contribution in [2.24, 2.45) is 5.92 Å². The Hall–Kier alpha value is -1.07. The Kier molecular flexibility index (Phi) is 5.43. The van der Waals surface area contributed by atoms with Crippen molar-refractivity contribution in [1.82, 2.24) is 9.78 Å². The molecule has 1 fully saturated rings. The summed E-state index contributed by atoms with van der Waals surface area (Å²) in [6.07, 6.45) is 7.43. The van der Waals surface area contributed by atoms with Gasteiger partial charge in [0.15, 0.2) is 0 Å². The molecule has 6 heteroatoms. The number of aliphatic hydroxyl groups excluding tert-OH is 1. The molecule has 0 radical (unpaired) electrons. The second kappa shape index (κ2) is 7.09. The standard InChI is InChI=1S/C14H22ClN3O2/c1-10-3-2-4-11(6-5-10)17-12-9-16-18(7-8-19)14(20)13(12)15/h9-11,17,19H,2-8H2,1H3. The van der Waals surface area contributed by atoms with Crippen molar-refractivity contribution >= 4 is 17.3 Å². The minimum Gasteiger partial charge on any atom is -0.394 e. The summed E-state index contributed by atoms with van der Waals surface area (Å²) in [6.45, 7) is 2.32. The number of hydrogen-bond acceptors (Lipinski definition) is 4. The average molecular weight is 300 g/mol. The van der Waals surface area contributed by atoms with Crippen molar-refractivity contribution in [1.29, 1.82) is 0 Å². The van der Waals surface area contributed by atoms with Crippen LogP contribution < -0.4 is 10.9 Å². The Morgan fingerprint density at radius 1 is 1.45 bits per heavy atom. The lowest BCUT2D eigenvalue weighted by Crippen LogP contribution is -2.27. The van der Waals surface area contributed by atoms with Gasteiger partial charge < -0.3 is 10.4 Å². The van der Waals surface area contributed by atoms with E-state index in [9.17, 15) is 4.79 Å². The number of aromatic nitrogens is 2. The molecule has 0 amide bonds. The lowest BCUT2D eigenvalue weighted by atomic mass is 10.0.